The van der Waals surface area contributed by atoms with E-state index >= 15 is 0 Å². The average molecular weight is 435 g/mol. The Balaban J connectivity index is 1.91. The molecule has 7 heteroatoms. The van der Waals surface area contributed by atoms with Crippen LogP contribution in [-0.4, -0.2) is 22.5 Å². The second-order valence-electron chi connectivity index (χ2n) is 8.35. The highest BCUT2D eigenvalue weighted by molar-refractivity contribution is 6.00. The summed E-state index contributed by atoms with van der Waals surface area (Å²) in [7, 11) is 0. The molecule has 0 saturated heterocycles. The summed E-state index contributed by atoms with van der Waals surface area (Å²) in [5, 5.41) is 0. The Hall–Kier alpha value is -3.58. The number of Topliss-reactive ketones (excluding diaryl/α,β-unsaturated/α-hetero) is 1. The standard InChI is InChI=1S/C25H26FN3O3/c1-25(2,3)32-24(31)29(16-17-7-5-4-6-8-17)21-15-19(13-14-28-21)22(27)23(30)18-9-11-20(26)12-10-18/h4-15,22H,16,27H2,1-3H3. The molecule has 6 nitrogen and oxygen atoms in total. The molecular formula is C25H26FN3O3. The number of benzene rings is 2. The number of rotatable bonds is 6. The van der Waals surface area contributed by atoms with Crippen LogP contribution in [0, 0.1) is 5.82 Å². The number of amides is 1. The van der Waals surface area contributed by atoms with E-state index in [1.165, 1.54) is 35.4 Å². The number of nitrogens with two attached hydrogens (primary N) is 1. The van der Waals surface area contributed by atoms with Gasteiger partial charge in [-0.15, -0.1) is 0 Å². The zero-order valence-corrected chi connectivity index (χ0v) is 18.3. The lowest BCUT2D eigenvalue weighted by Crippen LogP contribution is -2.37. The zero-order chi connectivity index (χ0) is 23.3. The first-order valence-electron chi connectivity index (χ1n) is 10.2. The number of carbonyl (C=O) groups is 2. The molecule has 1 aromatic heterocycles. The molecule has 2 aromatic carbocycles. The molecule has 0 aliphatic carbocycles. The van der Waals surface area contributed by atoms with Crippen molar-refractivity contribution in [1.82, 2.24) is 4.98 Å². The number of halogens is 1. The van der Waals surface area contributed by atoms with Crippen LogP contribution in [0.1, 0.15) is 48.3 Å². The Morgan fingerprint density at radius 1 is 1.06 bits per heavy atom. The molecule has 1 heterocycles. The van der Waals surface area contributed by atoms with E-state index in [2.05, 4.69) is 4.98 Å². The van der Waals surface area contributed by atoms with Crippen molar-refractivity contribution in [2.75, 3.05) is 4.90 Å². The van der Waals surface area contributed by atoms with Crippen molar-refractivity contribution in [3.63, 3.8) is 0 Å². The number of hydrogen-bond acceptors (Lipinski definition) is 5. The fourth-order valence-corrected chi connectivity index (χ4v) is 3.04. The molecule has 1 atom stereocenters. The van der Waals surface area contributed by atoms with Gasteiger partial charge < -0.3 is 10.5 Å². The van der Waals surface area contributed by atoms with Crippen LogP contribution in [0.25, 0.3) is 0 Å². The van der Waals surface area contributed by atoms with Gasteiger partial charge in [-0.25, -0.2) is 14.2 Å². The number of pyridine rings is 1. The third kappa shape index (κ3) is 5.98. The maximum absolute atomic E-state index is 13.2. The topological polar surface area (TPSA) is 85.5 Å². The predicted molar refractivity (Wildman–Crippen MR) is 121 cm³/mol. The Labute approximate surface area is 186 Å². The van der Waals surface area contributed by atoms with E-state index in [9.17, 15) is 14.0 Å². The van der Waals surface area contributed by atoms with Crippen LogP contribution in [0.15, 0.2) is 72.9 Å². The molecule has 2 N–H and O–H groups in total. The molecular weight excluding hydrogens is 409 g/mol. The van der Waals surface area contributed by atoms with E-state index in [0.29, 0.717) is 16.9 Å². The van der Waals surface area contributed by atoms with E-state index in [4.69, 9.17) is 10.5 Å². The predicted octanol–water partition coefficient (Wildman–Crippen LogP) is 5.05. The highest BCUT2D eigenvalue weighted by Crippen LogP contribution is 2.24. The third-order valence-electron chi connectivity index (χ3n) is 4.61. The van der Waals surface area contributed by atoms with Gasteiger partial charge in [0.25, 0.3) is 0 Å². The maximum atomic E-state index is 13.2. The Morgan fingerprint density at radius 3 is 2.34 bits per heavy atom. The maximum Gasteiger partial charge on any atom is 0.416 e. The first-order chi connectivity index (χ1) is 15.1. The second kappa shape index (κ2) is 9.70. The summed E-state index contributed by atoms with van der Waals surface area (Å²) in [6, 6.07) is 16.8. The smallest absolute Gasteiger partial charge is 0.416 e. The minimum absolute atomic E-state index is 0.230. The van der Waals surface area contributed by atoms with E-state index in [0.717, 1.165) is 5.56 Å². The molecule has 32 heavy (non-hydrogen) atoms. The van der Waals surface area contributed by atoms with Crippen molar-refractivity contribution in [3.8, 4) is 0 Å². The Morgan fingerprint density at radius 2 is 1.72 bits per heavy atom. The van der Waals surface area contributed by atoms with Gasteiger partial charge in [0.1, 0.15) is 17.2 Å². The van der Waals surface area contributed by atoms with Gasteiger partial charge in [0.15, 0.2) is 5.78 Å². The second-order valence-corrected chi connectivity index (χ2v) is 8.35. The average Bonchev–Trinajstić information content (AvgIpc) is 2.76. The molecule has 3 rings (SSSR count). The largest absolute Gasteiger partial charge is 0.443 e. The Bertz CT molecular complexity index is 1080. The van der Waals surface area contributed by atoms with Gasteiger partial charge >= 0.3 is 6.09 Å². The summed E-state index contributed by atoms with van der Waals surface area (Å²) in [5.41, 5.74) is 7.17. The van der Waals surface area contributed by atoms with Crippen LogP contribution in [0.5, 0.6) is 0 Å². The molecule has 3 aromatic rings. The van der Waals surface area contributed by atoms with Gasteiger partial charge in [-0.1, -0.05) is 30.3 Å². The molecule has 1 amide bonds. The van der Waals surface area contributed by atoms with Gasteiger partial charge in [0, 0.05) is 11.8 Å². The first-order valence-corrected chi connectivity index (χ1v) is 10.2. The number of ketones is 1. The molecule has 0 radical (unpaired) electrons. The Kier molecular flexibility index (Phi) is 7.00. The number of hydrogen-bond donors (Lipinski definition) is 1. The number of aromatic nitrogens is 1. The molecule has 1 unspecified atom stereocenters. The summed E-state index contributed by atoms with van der Waals surface area (Å²) in [5.74, 6) is -0.493. The number of nitrogens with zero attached hydrogens (tertiary/aromatic N) is 2. The minimum atomic E-state index is -1.00. The van der Waals surface area contributed by atoms with Gasteiger partial charge in [-0.2, -0.15) is 0 Å². The van der Waals surface area contributed by atoms with Crippen LogP contribution in [0.3, 0.4) is 0 Å². The number of ether oxygens (including phenoxy) is 1. The van der Waals surface area contributed by atoms with Crippen molar-refractivity contribution in [3.05, 3.63) is 95.4 Å². The molecule has 0 spiro atoms. The minimum Gasteiger partial charge on any atom is -0.443 e. The zero-order valence-electron chi connectivity index (χ0n) is 18.3. The highest BCUT2D eigenvalue weighted by Gasteiger charge is 2.26. The molecule has 166 valence electrons. The van der Waals surface area contributed by atoms with Crippen molar-refractivity contribution in [2.45, 2.75) is 39.0 Å². The summed E-state index contributed by atoms with van der Waals surface area (Å²) < 4.78 is 18.8. The molecule has 0 bridgehead atoms. The summed E-state index contributed by atoms with van der Waals surface area (Å²) in [4.78, 5) is 31.5. The fourth-order valence-electron chi connectivity index (χ4n) is 3.04. The lowest BCUT2D eigenvalue weighted by Gasteiger charge is -2.27. The van der Waals surface area contributed by atoms with Gasteiger partial charge in [-0.05, 0) is 68.3 Å². The highest BCUT2D eigenvalue weighted by atomic mass is 19.1. The number of anilines is 1. The number of carbonyl (C=O) groups excluding carboxylic acids is 2. The monoisotopic (exact) mass is 435 g/mol. The molecule has 0 aliphatic rings. The summed E-state index contributed by atoms with van der Waals surface area (Å²) >= 11 is 0. The van der Waals surface area contributed by atoms with Crippen molar-refractivity contribution in [1.29, 1.82) is 0 Å². The van der Waals surface area contributed by atoms with Gasteiger partial charge in [0.05, 0.1) is 12.6 Å². The van der Waals surface area contributed by atoms with Crippen molar-refractivity contribution in [2.24, 2.45) is 5.73 Å². The van der Waals surface area contributed by atoms with E-state index < -0.39 is 23.6 Å². The first kappa shape index (κ1) is 23.1. The van der Waals surface area contributed by atoms with E-state index in [1.54, 1.807) is 32.9 Å². The lowest BCUT2D eigenvalue weighted by atomic mass is 9.99. The van der Waals surface area contributed by atoms with Crippen molar-refractivity contribution >= 4 is 17.7 Å². The van der Waals surface area contributed by atoms with Gasteiger partial charge in [-0.3, -0.25) is 9.69 Å². The molecule has 0 fully saturated rings. The lowest BCUT2D eigenvalue weighted by molar-refractivity contribution is 0.0576. The third-order valence-corrected chi connectivity index (χ3v) is 4.61. The van der Waals surface area contributed by atoms with Crippen LogP contribution in [-0.2, 0) is 11.3 Å². The van der Waals surface area contributed by atoms with E-state index in [1.807, 2.05) is 30.3 Å². The van der Waals surface area contributed by atoms with Crippen LogP contribution in [0.4, 0.5) is 15.0 Å². The molecule has 0 saturated carbocycles. The van der Waals surface area contributed by atoms with Gasteiger partial charge in [0.2, 0.25) is 0 Å². The van der Waals surface area contributed by atoms with Crippen molar-refractivity contribution < 1.29 is 18.7 Å². The normalized spacial score (nSPS) is 12.2. The summed E-state index contributed by atoms with van der Waals surface area (Å²) in [6.45, 7) is 5.58. The van der Waals surface area contributed by atoms with E-state index in [-0.39, 0.29) is 12.3 Å². The summed E-state index contributed by atoms with van der Waals surface area (Å²) in [6.07, 6.45) is 0.926. The molecule has 0 aliphatic heterocycles. The quantitative estimate of drug-likeness (QED) is 0.548. The van der Waals surface area contributed by atoms with Crippen LogP contribution >= 0.6 is 0 Å². The fraction of sp³-hybridized carbons (Fsp3) is 0.240. The SMILES string of the molecule is CC(C)(C)OC(=O)N(Cc1ccccc1)c1cc(C(N)C(=O)c2ccc(F)cc2)ccn1. The van der Waals surface area contributed by atoms with Crippen LogP contribution < -0.4 is 10.6 Å². The van der Waals surface area contributed by atoms with Crippen LogP contribution in [0.2, 0.25) is 0 Å².